The fourth-order valence-corrected chi connectivity index (χ4v) is 7.46. The number of phosphoric acid groups is 2. The molecule has 0 bridgehead atoms. The van der Waals surface area contributed by atoms with Gasteiger partial charge in [-0.25, -0.2) is 9.13 Å². The number of ether oxygens (including phenoxy) is 2. The maximum atomic E-state index is 12.7. The third kappa shape index (κ3) is 42.2. The van der Waals surface area contributed by atoms with Gasteiger partial charge in [0.25, 0.3) is 0 Å². The quantitative estimate of drug-likeness (QED) is 0.0144. The summed E-state index contributed by atoms with van der Waals surface area (Å²) < 4.78 is 47.7. The molecule has 17 heteroatoms. The average molecular weight is 915 g/mol. The van der Waals surface area contributed by atoms with Crippen molar-refractivity contribution in [2.24, 2.45) is 0 Å². The van der Waals surface area contributed by atoms with Gasteiger partial charge in [-0.3, -0.25) is 23.2 Å². The number of unbranched alkanes of at least 4 members (excludes halogenated alkanes) is 20. The average Bonchev–Trinajstić information content (AvgIpc) is 3.21. The van der Waals surface area contributed by atoms with Crippen LogP contribution in [0.1, 0.15) is 194 Å². The summed E-state index contributed by atoms with van der Waals surface area (Å²) in [4.78, 5) is 52.8. The zero-order valence-corrected chi connectivity index (χ0v) is 39.3. The molecule has 0 heterocycles. The molecule has 5 atom stereocenters. The van der Waals surface area contributed by atoms with Crippen molar-refractivity contribution in [1.82, 2.24) is 0 Å². The molecule has 0 aromatic carbocycles. The number of phosphoric ester groups is 2. The number of aliphatic hydroxyl groups excluding tert-OH is 3. The van der Waals surface area contributed by atoms with Gasteiger partial charge in [-0.15, -0.1) is 0 Å². The first-order chi connectivity index (χ1) is 29.2. The Kier molecular flexibility index (Phi) is 39.1. The standard InChI is InChI=1S/C44H84O15P2/c1-3-5-7-9-11-12-13-14-15-16-17-18-19-20-21-25-29-33-43(48)55-37-40(38-58-61(53,54)57-36-39(45)35-56-60(50,51)52)59-44(49)34-30-26-22-24-28-32-42(47)41(46)31-27-23-10-8-6-4-2/h14-15,23,27,39-42,45-47H,3-13,16-22,24-26,28-38H2,1-2H3,(H,53,54)(H2,50,51,52)/b15-14-,27-23-/t39-,40+,41-,42-/m0/s1. The second-order valence-electron chi connectivity index (χ2n) is 16.0. The van der Waals surface area contributed by atoms with E-state index in [9.17, 15) is 38.9 Å². The molecule has 0 fully saturated rings. The van der Waals surface area contributed by atoms with Crippen molar-refractivity contribution in [3.63, 3.8) is 0 Å². The molecule has 0 amide bonds. The van der Waals surface area contributed by atoms with E-state index in [0.29, 0.717) is 32.1 Å². The van der Waals surface area contributed by atoms with Crippen LogP contribution in [0, 0.1) is 0 Å². The zero-order valence-electron chi connectivity index (χ0n) is 37.5. The fourth-order valence-electron chi connectivity index (χ4n) is 6.31. The molecule has 6 N–H and O–H groups in total. The maximum Gasteiger partial charge on any atom is 0.472 e. The van der Waals surface area contributed by atoms with E-state index >= 15 is 0 Å². The van der Waals surface area contributed by atoms with E-state index in [2.05, 4.69) is 35.0 Å². The van der Waals surface area contributed by atoms with Crippen molar-refractivity contribution in [3.05, 3.63) is 24.3 Å². The van der Waals surface area contributed by atoms with Gasteiger partial charge in [0, 0.05) is 12.8 Å². The lowest BCUT2D eigenvalue weighted by molar-refractivity contribution is -0.161. The van der Waals surface area contributed by atoms with E-state index < -0.39 is 78.4 Å². The van der Waals surface area contributed by atoms with Crippen molar-refractivity contribution < 1.29 is 71.8 Å². The van der Waals surface area contributed by atoms with Crippen LogP contribution in [0.3, 0.4) is 0 Å². The third-order valence-electron chi connectivity index (χ3n) is 10.0. The molecule has 360 valence electrons. The lowest BCUT2D eigenvalue weighted by Crippen LogP contribution is -2.30. The van der Waals surface area contributed by atoms with Crippen molar-refractivity contribution in [2.45, 2.75) is 218 Å². The van der Waals surface area contributed by atoms with E-state index in [4.69, 9.17) is 23.8 Å². The van der Waals surface area contributed by atoms with Crippen LogP contribution in [0.15, 0.2) is 24.3 Å². The minimum absolute atomic E-state index is 0.0331. The van der Waals surface area contributed by atoms with Crippen LogP contribution >= 0.6 is 15.6 Å². The Morgan fingerprint density at radius 1 is 0.508 bits per heavy atom. The van der Waals surface area contributed by atoms with Crippen LogP contribution in [0.2, 0.25) is 0 Å². The summed E-state index contributed by atoms with van der Waals surface area (Å²) in [5.74, 6) is -1.14. The number of carbonyl (C=O) groups is 2. The van der Waals surface area contributed by atoms with Crippen LogP contribution in [0.5, 0.6) is 0 Å². The van der Waals surface area contributed by atoms with Gasteiger partial charge in [-0.1, -0.05) is 141 Å². The van der Waals surface area contributed by atoms with Crippen molar-refractivity contribution in [1.29, 1.82) is 0 Å². The highest BCUT2D eigenvalue weighted by molar-refractivity contribution is 7.47. The van der Waals surface area contributed by atoms with Gasteiger partial charge in [0.1, 0.15) is 12.7 Å². The number of aliphatic hydroxyl groups is 3. The molecule has 0 saturated carbocycles. The first-order valence-electron chi connectivity index (χ1n) is 23.2. The Labute approximate surface area is 367 Å². The minimum Gasteiger partial charge on any atom is -0.462 e. The third-order valence-corrected chi connectivity index (χ3v) is 11.4. The number of rotatable bonds is 44. The number of carbonyl (C=O) groups excluding carboxylic acids is 2. The Balaban J connectivity index is 4.59. The highest BCUT2D eigenvalue weighted by Crippen LogP contribution is 2.43. The summed E-state index contributed by atoms with van der Waals surface area (Å²) in [6.45, 7) is 1.54. The smallest absolute Gasteiger partial charge is 0.462 e. The van der Waals surface area contributed by atoms with Crippen molar-refractivity contribution in [2.75, 3.05) is 26.4 Å². The molecule has 0 aliphatic heterocycles. The molecule has 0 rings (SSSR count). The molecule has 15 nitrogen and oxygen atoms in total. The molecule has 0 aromatic heterocycles. The molecular weight excluding hydrogens is 830 g/mol. The van der Waals surface area contributed by atoms with Crippen molar-refractivity contribution >= 4 is 27.6 Å². The fraction of sp³-hybridized carbons (Fsp3) is 0.864. The largest absolute Gasteiger partial charge is 0.472 e. The van der Waals surface area contributed by atoms with Gasteiger partial charge in [0.2, 0.25) is 0 Å². The highest BCUT2D eigenvalue weighted by atomic mass is 31.2. The van der Waals surface area contributed by atoms with Gasteiger partial charge < -0.3 is 39.5 Å². The van der Waals surface area contributed by atoms with E-state index in [1.54, 1.807) is 0 Å². The molecular formula is C44H84O15P2. The molecule has 61 heavy (non-hydrogen) atoms. The summed E-state index contributed by atoms with van der Waals surface area (Å²) in [7, 11) is -9.73. The lowest BCUT2D eigenvalue weighted by Gasteiger charge is -2.20. The summed E-state index contributed by atoms with van der Waals surface area (Å²) >= 11 is 0. The first kappa shape index (κ1) is 59.5. The normalized spacial score (nSPS) is 15.2. The monoisotopic (exact) mass is 915 g/mol. The Hall–Kier alpha value is -1.48. The predicted octanol–water partition coefficient (Wildman–Crippen LogP) is 9.84. The number of esters is 2. The van der Waals surface area contributed by atoms with Crippen LogP contribution in [-0.4, -0.2) is 92.8 Å². The summed E-state index contributed by atoms with van der Waals surface area (Å²) in [5.41, 5.74) is 0. The predicted molar refractivity (Wildman–Crippen MR) is 237 cm³/mol. The second kappa shape index (κ2) is 40.1. The number of allylic oxidation sites excluding steroid dienone is 3. The van der Waals surface area contributed by atoms with Crippen molar-refractivity contribution in [3.8, 4) is 0 Å². The van der Waals surface area contributed by atoms with E-state index in [0.717, 1.165) is 70.6 Å². The minimum atomic E-state index is -4.88. The van der Waals surface area contributed by atoms with E-state index in [1.807, 2.05) is 12.2 Å². The van der Waals surface area contributed by atoms with Gasteiger partial charge in [-0.05, 0) is 64.2 Å². The van der Waals surface area contributed by atoms with Crippen LogP contribution in [-0.2, 0) is 41.8 Å². The van der Waals surface area contributed by atoms with Crippen LogP contribution in [0.4, 0.5) is 0 Å². The highest BCUT2D eigenvalue weighted by Gasteiger charge is 2.28. The lowest BCUT2D eigenvalue weighted by atomic mass is 10.0. The van der Waals surface area contributed by atoms with Crippen LogP contribution in [0.25, 0.3) is 0 Å². The number of hydrogen-bond acceptors (Lipinski definition) is 12. The van der Waals surface area contributed by atoms with Gasteiger partial charge >= 0.3 is 27.6 Å². The molecule has 1 unspecified atom stereocenters. The van der Waals surface area contributed by atoms with Crippen LogP contribution < -0.4 is 0 Å². The SMILES string of the molecule is CCCCC/C=C\C[C@H](O)[C@@H](O)CCCCCCCC(=O)O[C@H](COC(=O)CCCCCCCCC/C=C\CCCCCCCC)COP(=O)(O)OC[C@@H](O)COP(=O)(O)O. The molecule has 0 aliphatic carbocycles. The Morgan fingerprint density at radius 3 is 1.52 bits per heavy atom. The first-order valence-corrected chi connectivity index (χ1v) is 26.2. The molecule has 0 aromatic rings. The van der Waals surface area contributed by atoms with E-state index in [-0.39, 0.29) is 12.8 Å². The Morgan fingerprint density at radius 2 is 0.951 bits per heavy atom. The van der Waals surface area contributed by atoms with Gasteiger partial charge in [0.05, 0.1) is 32.0 Å². The summed E-state index contributed by atoms with van der Waals surface area (Å²) in [6.07, 6.45) is 30.4. The van der Waals surface area contributed by atoms with Gasteiger partial charge in [0.15, 0.2) is 6.10 Å². The molecule has 0 spiro atoms. The molecule has 0 radical (unpaired) electrons. The summed E-state index contributed by atoms with van der Waals surface area (Å²) in [5, 5.41) is 30.2. The topological polar surface area (TPSA) is 236 Å². The Bertz CT molecular complexity index is 1210. The molecule has 0 saturated heterocycles. The number of hydrogen-bond donors (Lipinski definition) is 6. The van der Waals surface area contributed by atoms with E-state index in [1.165, 1.54) is 64.2 Å². The molecule has 0 aliphatic rings. The summed E-state index contributed by atoms with van der Waals surface area (Å²) in [6, 6.07) is 0. The maximum absolute atomic E-state index is 12.7. The zero-order chi connectivity index (χ0) is 45.5. The van der Waals surface area contributed by atoms with Gasteiger partial charge in [-0.2, -0.15) is 0 Å². The second-order valence-corrected chi connectivity index (χ2v) is 18.7.